The fourth-order valence-electron chi connectivity index (χ4n) is 2.27. The van der Waals surface area contributed by atoms with Crippen LogP contribution in [0.15, 0.2) is 12.7 Å². The van der Waals surface area contributed by atoms with Gasteiger partial charge in [-0.3, -0.25) is 0 Å². The van der Waals surface area contributed by atoms with E-state index < -0.39 is 0 Å². The van der Waals surface area contributed by atoms with Gasteiger partial charge in [0.2, 0.25) is 0 Å². The molecule has 0 aliphatic carbocycles. The van der Waals surface area contributed by atoms with Crippen LogP contribution in [-0.2, 0) is 0 Å². The second-order valence-corrected chi connectivity index (χ2v) is 4.76. The second-order valence-electron chi connectivity index (χ2n) is 4.76. The summed E-state index contributed by atoms with van der Waals surface area (Å²) < 4.78 is 0. The summed E-state index contributed by atoms with van der Waals surface area (Å²) in [6, 6.07) is 0. The van der Waals surface area contributed by atoms with E-state index in [2.05, 4.69) is 30.8 Å². The lowest BCUT2D eigenvalue weighted by Gasteiger charge is -2.30. The summed E-state index contributed by atoms with van der Waals surface area (Å²) in [5, 5.41) is 3.59. The van der Waals surface area contributed by atoms with Crippen molar-refractivity contribution in [2.75, 3.05) is 26.7 Å². The third-order valence-corrected chi connectivity index (χ3v) is 3.02. The summed E-state index contributed by atoms with van der Waals surface area (Å²) in [7, 11) is 2.22. The van der Waals surface area contributed by atoms with Gasteiger partial charge in [-0.1, -0.05) is 6.08 Å². The molecule has 0 spiro atoms. The van der Waals surface area contributed by atoms with Crippen LogP contribution in [0.2, 0.25) is 0 Å². The van der Waals surface area contributed by atoms with Gasteiger partial charge in [-0.05, 0) is 52.7 Å². The van der Waals surface area contributed by atoms with Crippen LogP contribution in [0, 0.1) is 0 Å². The van der Waals surface area contributed by atoms with Gasteiger partial charge in [0.15, 0.2) is 0 Å². The van der Waals surface area contributed by atoms with E-state index in [0.717, 1.165) is 6.42 Å². The van der Waals surface area contributed by atoms with Crippen LogP contribution in [0.1, 0.15) is 32.6 Å². The van der Waals surface area contributed by atoms with Crippen molar-refractivity contribution >= 4 is 0 Å². The normalized spacial score (nSPS) is 27.1. The van der Waals surface area contributed by atoms with Crippen LogP contribution in [0.25, 0.3) is 0 Å². The minimum absolute atomic E-state index is 0.364. The lowest BCUT2D eigenvalue weighted by molar-refractivity contribution is 0.238. The Hall–Kier alpha value is -0.340. The molecule has 1 N–H and O–H groups in total. The van der Waals surface area contributed by atoms with Gasteiger partial charge in [0, 0.05) is 12.1 Å². The number of nitrogens with one attached hydrogen (secondary N) is 1. The highest BCUT2D eigenvalue weighted by Gasteiger charge is 2.28. The van der Waals surface area contributed by atoms with E-state index in [1.54, 1.807) is 0 Å². The lowest BCUT2D eigenvalue weighted by atomic mass is 10.00. The van der Waals surface area contributed by atoms with Crippen LogP contribution in [0.5, 0.6) is 0 Å². The van der Waals surface area contributed by atoms with Gasteiger partial charge < -0.3 is 10.2 Å². The highest BCUT2D eigenvalue weighted by molar-refractivity contribution is 4.90. The van der Waals surface area contributed by atoms with Crippen LogP contribution in [0.3, 0.4) is 0 Å². The fraction of sp³-hybridized carbons (Fsp3) is 0.833. The van der Waals surface area contributed by atoms with E-state index in [1.807, 2.05) is 6.08 Å². The van der Waals surface area contributed by atoms with Crippen LogP contribution >= 0.6 is 0 Å². The van der Waals surface area contributed by atoms with Crippen molar-refractivity contribution in [3.63, 3.8) is 0 Å². The van der Waals surface area contributed by atoms with E-state index in [1.165, 1.54) is 38.9 Å². The number of rotatable bonds is 6. The first-order chi connectivity index (χ1) is 6.66. The topological polar surface area (TPSA) is 15.3 Å². The Bertz CT molecular complexity index is 171. The Kier molecular flexibility index (Phi) is 4.63. The van der Waals surface area contributed by atoms with E-state index in [-0.39, 0.29) is 0 Å². The molecule has 2 heteroatoms. The largest absolute Gasteiger partial charge is 0.310 e. The van der Waals surface area contributed by atoms with Gasteiger partial charge in [-0.25, -0.2) is 0 Å². The van der Waals surface area contributed by atoms with Crippen molar-refractivity contribution in [1.29, 1.82) is 0 Å². The quantitative estimate of drug-likeness (QED) is 0.516. The van der Waals surface area contributed by atoms with E-state index in [0.29, 0.717) is 5.54 Å². The molecule has 0 aromatic rings. The van der Waals surface area contributed by atoms with Gasteiger partial charge in [0.1, 0.15) is 0 Å². The summed E-state index contributed by atoms with van der Waals surface area (Å²) >= 11 is 0. The Morgan fingerprint density at radius 3 is 2.93 bits per heavy atom. The number of unbranched alkanes of at least 4 members (excludes halogenated alkanes) is 1. The summed E-state index contributed by atoms with van der Waals surface area (Å²) in [4.78, 5) is 2.43. The van der Waals surface area contributed by atoms with Crippen molar-refractivity contribution in [3.05, 3.63) is 12.7 Å². The molecule has 1 rings (SSSR count). The molecule has 2 nitrogen and oxygen atoms in total. The van der Waals surface area contributed by atoms with Crippen LogP contribution in [-0.4, -0.2) is 37.1 Å². The summed E-state index contributed by atoms with van der Waals surface area (Å²) in [6.45, 7) is 9.63. The molecule has 1 fully saturated rings. The number of nitrogens with zero attached hydrogens (tertiary/aromatic N) is 1. The average molecular weight is 196 g/mol. The predicted molar refractivity (Wildman–Crippen MR) is 62.6 cm³/mol. The van der Waals surface area contributed by atoms with Crippen LogP contribution in [0.4, 0.5) is 0 Å². The molecule has 1 heterocycles. The first kappa shape index (κ1) is 11.7. The fourth-order valence-corrected chi connectivity index (χ4v) is 2.27. The van der Waals surface area contributed by atoms with Gasteiger partial charge in [-0.15, -0.1) is 6.58 Å². The third kappa shape index (κ3) is 3.81. The van der Waals surface area contributed by atoms with E-state index in [4.69, 9.17) is 0 Å². The van der Waals surface area contributed by atoms with Crippen molar-refractivity contribution in [2.24, 2.45) is 0 Å². The zero-order valence-electron chi connectivity index (χ0n) is 9.68. The molecule has 14 heavy (non-hydrogen) atoms. The minimum Gasteiger partial charge on any atom is -0.310 e. The summed E-state index contributed by atoms with van der Waals surface area (Å²) in [5.74, 6) is 0. The number of likely N-dealkylation sites (N-methyl/N-ethyl adjacent to an activating group) is 1. The van der Waals surface area contributed by atoms with Gasteiger partial charge in [0.25, 0.3) is 0 Å². The number of hydrogen-bond donors (Lipinski definition) is 1. The molecular formula is C12H24N2. The highest BCUT2D eigenvalue weighted by Crippen LogP contribution is 2.19. The maximum Gasteiger partial charge on any atom is 0.0280 e. The molecule has 1 saturated heterocycles. The molecule has 1 unspecified atom stereocenters. The second kappa shape index (κ2) is 5.52. The maximum absolute atomic E-state index is 3.74. The molecule has 0 radical (unpaired) electrons. The lowest BCUT2D eigenvalue weighted by Crippen LogP contribution is -2.46. The van der Waals surface area contributed by atoms with Crippen molar-refractivity contribution in [2.45, 2.75) is 38.1 Å². The molecule has 0 amide bonds. The van der Waals surface area contributed by atoms with Crippen molar-refractivity contribution < 1.29 is 0 Å². The molecule has 0 aromatic heterocycles. The molecule has 0 saturated carbocycles. The summed E-state index contributed by atoms with van der Waals surface area (Å²) in [6.07, 6.45) is 7.02. The smallest absolute Gasteiger partial charge is 0.0280 e. The van der Waals surface area contributed by atoms with E-state index in [9.17, 15) is 0 Å². The zero-order chi connectivity index (χ0) is 10.4. The molecule has 1 atom stereocenters. The van der Waals surface area contributed by atoms with E-state index >= 15 is 0 Å². The Morgan fingerprint density at radius 2 is 2.36 bits per heavy atom. The molecule has 82 valence electrons. The average Bonchev–Trinajstić information content (AvgIpc) is 2.52. The molecular weight excluding hydrogens is 172 g/mol. The first-order valence-corrected chi connectivity index (χ1v) is 5.71. The maximum atomic E-state index is 3.74. The third-order valence-electron chi connectivity index (χ3n) is 3.02. The number of allylic oxidation sites excluding steroid dienone is 1. The van der Waals surface area contributed by atoms with Crippen molar-refractivity contribution in [1.82, 2.24) is 10.2 Å². The standard InChI is InChI=1S/C12H24N2/c1-4-5-6-10-14(3)11-12(2)8-7-9-13-12/h4,13H,1,5-11H2,2-3H3. The highest BCUT2D eigenvalue weighted by atomic mass is 15.1. The first-order valence-electron chi connectivity index (χ1n) is 5.71. The number of hydrogen-bond acceptors (Lipinski definition) is 2. The molecule has 0 aromatic carbocycles. The Balaban J connectivity index is 2.18. The molecule has 1 aliphatic rings. The van der Waals surface area contributed by atoms with Crippen LogP contribution < -0.4 is 5.32 Å². The molecule has 1 aliphatic heterocycles. The Labute approximate surface area is 88.4 Å². The predicted octanol–water partition coefficient (Wildman–Crippen LogP) is 2.03. The molecule has 0 bridgehead atoms. The summed E-state index contributed by atoms with van der Waals surface area (Å²) in [5.41, 5.74) is 0.364. The minimum atomic E-state index is 0.364. The van der Waals surface area contributed by atoms with Gasteiger partial charge in [0.05, 0.1) is 0 Å². The Morgan fingerprint density at radius 1 is 1.57 bits per heavy atom. The zero-order valence-corrected chi connectivity index (χ0v) is 9.68. The SMILES string of the molecule is C=CCCCN(C)CC1(C)CCCN1. The monoisotopic (exact) mass is 196 g/mol. The van der Waals surface area contributed by atoms with Gasteiger partial charge in [-0.2, -0.15) is 0 Å². The van der Waals surface area contributed by atoms with Crippen molar-refractivity contribution in [3.8, 4) is 0 Å². The van der Waals surface area contributed by atoms with Gasteiger partial charge >= 0.3 is 0 Å².